The standard InChI is InChI=1S/C42H77N2O6P/c1-3-5-7-9-11-13-15-17-19-20-22-24-26-28-30-32-34-36-42(46)44-40(39-50-51(47,48)49-38-37-43)41(45)35-33-31-29-27-25-23-21-18-16-14-12-10-8-6-4-2/h5,7,11,13,17,19,22,24,33,35,40-41,45H,3-4,6,8-10,12,14-16,18,20-21,23,25-32,34,36-39,43H2,1-2H3,(H,44,46)(H,47,48)/b7-5-,13-11-,19-17-,24-22-,35-33+. The van der Waals surface area contributed by atoms with E-state index in [4.69, 9.17) is 14.8 Å². The third kappa shape index (κ3) is 36.4. The van der Waals surface area contributed by atoms with Crippen molar-refractivity contribution in [2.45, 2.75) is 180 Å². The van der Waals surface area contributed by atoms with Gasteiger partial charge in [-0.3, -0.25) is 13.8 Å². The Bertz CT molecular complexity index is 980. The molecule has 0 heterocycles. The number of allylic oxidation sites excluding steroid dienone is 9. The van der Waals surface area contributed by atoms with Crippen molar-refractivity contribution in [3.05, 3.63) is 60.8 Å². The highest BCUT2D eigenvalue weighted by molar-refractivity contribution is 7.47. The summed E-state index contributed by atoms with van der Waals surface area (Å²) in [6.45, 7) is 3.98. The molecule has 0 aliphatic carbocycles. The number of carbonyl (C=O) groups excluding carboxylic acids is 1. The van der Waals surface area contributed by atoms with Gasteiger partial charge in [-0.1, -0.05) is 164 Å². The molecule has 0 fully saturated rings. The van der Waals surface area contributed by atoms with Crippen molar-refractivity contribution >= 4 is 13.7 Å². The number of phosphoric acid groups is 1. The Labute approximate surface area is 313 Å². The predicted molar refractivity (Wildman–Crippen MR) is 217 cm³/mol. The quantitative estimate of drug-likeness (QED) is 0.0284. The molecule has 0 spiro atoms. The number of aliphatic hydroxyl groups is 1. The van der Waals surface area contributed by atoms with Gasteiger partial charge in [0.2, 0.25) is 5.91 Å². The second-order valence-corrected chi connectivity index (χ2v) is 14.9. The molecule has 8 nitrogen and oxygen atoms in total. The zero-order chi connectivity index (χ0) is 37.5. The van der Waals surface area contributed by atoms with Gasteiger partial charge >= 0.3 is 7.82 Å². The van der Waals surface area contributed by atoms with E-state index in [9.17, 15) is 19.4 Å². The molecule has 0 saturated heterocycles. The third-order valence-corrected chi connectivity index (χ3v) is 9.58. The summed E-state index contributed by atoms with van der Waals surface area (Å²) in [6.07, 6.45) is 46.9. The average molecular weight is 737 g/mol. The molecule has 3 atom stereocenters. The van der Waals surface area contributed by atoms with Crippen molar-refractivity contribution < 1.29 is 28.4 Å². The lowest BCUT2D eigenvalue weighted by molar-refractivity contribution is -0.123. The van der Waals surface area contributed by atoms with E-state index in [2.05, 4.69) is 67.8 Å². The van der Waals surface area contributed by atoms with Gasteiger partial charge in [0.05, 0.1) is 25.4 Å². The Kier molecular flexibility index (Phi) is 36.6. The maximum atomic E-state index is 12.7. The highest BCUT2D eigenvalue weighted by atomic mass is 31.2. The molecule has 0 aromatic rings. The number of hydrogen-bond acceptors (Lipinski definition) is 6. The Hall–Kier alpha value is -1.80. The minimum absolute atomic E-state index is 0.0715. The molecule has 0 saturated carbocycles. The molecule has 0 radical (unpaired) electrons. The lowest BCUT2D eigenvalue weighted by atomic mass is 10.0. The van der Waals surface area contributed by atoms with E-state index in [-0.39, 0.29) is 25.7 Å². The molecule has 0 aliphatic rings. The van der Waals surface area contributed by atoms with E-state index in [1.54, 1.807) is 6.08 Å². The van der Waals surface area contributed by atoms with Gasteiger partial charge in [0.1, 0.15) is 0 Å². The number of amides is 1. The predicted octanol–water partition coefficient (Wildman–Crippen LogP) is 11.1. The number of aliphatic hydroxyl groups excluding tert-OH is 1. The largest absolute Gasteiger partial charge is 0.472 e. The molecule has 0 rings (SSSR count). The fourth-order valence-corrected chi connectivity index (χ4v) is 6.29. The third-order valence-electron chi connectivity index (χ3n) is 8.60. The van der Waals surface area contributed by atoms with E-state index >= 15 is 0 Å². The lowest BCUT2D eigenvalue weighted by Gasteiger charge is -2.23. The van der Waals surface area contributed by atoms with Crippen LogP contribution in [0.15, 0.2) is 60.8 Å². The van der Waals surface area contributed by atoms with Crippen LogP contribution in [-0.4, -0.2) is 47.8 Å². The second-order valence-electron chi connectivity index (χ2n) is 13.5. The van der Waals surface area contributed by atoms with Crippen molar-refractivity contribution in [3.63, 3.8) is 0 Å². The summed E-state index contributed by atoms with van der Waals surface area (Å²) in [4.78, 5) is 22.6. The molecular weight excluding hydrogens is 659 g/mol. The number of nitrogens with one attached hydrogen (secondary N) is 1. The molecule has 1 amide bonds. The van der Waals surface area contributed by atoms with Crippen LogP contribution in [0.4, 0.5) is 0 Å². The summed E-state index contributed by atoms with van der Waals surface area (Å²) in [5.41, 5.74) is 5.36. The Morgan fingerprint density at radius 1 is 0.667 bits per heavy atom. The van der Waals surface area contributed by atoms with Crippen LogP contribution in [0.5, 0.6) is 0 Å². The Morgan fingerprint density at radius 2 is 1.14 bits per heavy atom. The van der Waals surface area contributed by atoms with Crippen molar-refractivity contribution in [1.82, 2.24) is 5.32 Å². The molecule has 5 N–H and O–H groups in total. The summed E-state index contributed by atoms with van der Waals surface area (Å²) in [5.74, 6) is -0.220. The Morgan fingerprint density at radius 3 is 1.67 bits per heavy atom. The summed E-state index contributed by atoms with van der Waals surface area (Å²) in [6, 6.07) is -0.875. The summed E-state index contributed by atoms with van der Waals surface area (Å²) >= 11 is 0. The number of rotatable bonds is 37. The number of unbranched alkanes of at least 4 members (excludes halogenated alkanes) is 17. The van der Waals surface area contributed by atoms with Crippen LogP contribution >= 0.6 is 7.82 Å². The summed E-state index contributed by atoms with van der Waals surface area (Å²) in [5, 5.41) is 13.6. The maximum Gasteiger partial charge on any atom is 0.472 e. The molecular formula is C42H77N2O6P. The van der Waals surface area contributed by atoms with Crippen molar-refractivity contribution in [2.75, 3.05) is 19.8 Å². The van der Waals surface area contributed by atoms with Crippen LogP contribution in [0.3, 0.4) is 0 Å². The Balaban J connectivity index is 4.33. The summed E-state index contributed by atoms with van der Waals surface area (Å²) < 4.78 is 22.1. The SMILES string of the molecule is CC/C=C\C/C=C\C/C=C\C/C=C\CCCCCCC(=O)NC(COP(=O)(O)OCCN)C(O)/C=C/CCCCCCCCCCCCCCC. The van der Waals surface area contributed by atoms with E-state index in [0.717, 1.165) is 77.0 Å². The number of carbonyl (C=O) groups is 1. The van der Waals surface area contributed by atoms with E-state index < -0.39 is 20.0 Å². The first-order valence-electron chi connectivity index (χ1n) is 20.4. The molecule has 0 aromatic carbocycles. The first-order valence-corrected chi connectivity index (χ1v) is 21.9. The zero-order valence-electron chi connectivity index (χ0n) is 32.6. The first kappa shape index (κ1) is 49.2. The van der Waals surface area contributed by atoms with Gasteiger partial charge in [-0.05, 0) is 57.8 Å². The first-order chi connectivity index (χ1) is 24.9. The smallest absolute Gasteiger partial charge is 0.387 e. The number of phosphoric ester groups is 1. The van der Waals surface area contributed by atoms with E-state index in [0.29, 0.717) is 6.42 Å². The number of hydrogen-bond donors (Lipinski definition) is 4. The van der Waals surface area contributed by atoms with E-state index in [1.165, 1.54) is 70.6 Å². The highest BCUT2D eigenvalue weighted by Crippen LogP contribution is 2.43. The van der Waals surface area contributed by atoms with Gasteiger partial charge in [0, 0.05) is 13.0 Å². The van der Waals surface area contributed by atoms with Crippen LogP contribution in [0.25, 0.3) is 0 Å². The fraction of sp³-hybridized carbons (Fsp3) is 0.738. The van der Waals surface area contributed by atoms with Crippen molar-refractivity contribution in [1.29, 1.82) is 0 Å². The fourth-order valence-electron chi connectivity index (χ4n) is 5.53. The number of nitrogens with two attached hydrogens (primary N) is 1. The van der Waals surface area contributed by atoms with Crippen LogP contribution < -0.4 is 11.1 Å². The lowest BCUT2D eigenvalue weighted by Crippen LogP contribution is -2.45. The minimum Gasteiger partial charge on any atom is -0.387 e. The van der Waals surface area contributed by atoms with Crippen LogP contribution in [0.1, 0.15) is 168 Å². The molecule has 0 aromatic heterocycles. The van der Waals surface area contributed by atoms with Crippen LogP contribution in [-0.2, 0) is 18.4 Å². The molecule has 3 unspecified atom stereocenters. The van der Waals surface area contributed by atoms with Gasteiger partial charge < -0.3 is 21.1 Å². The average Bonchev–Trinajstić information content (AvgIpc) is 3.12. The monoisotopic (exact) mass is 737 g/mol. The molecule has 51 heavy (non-hydrogen) atoms. The van der Waals surface area contributed by atoms with Gasteiger partial charge in [-0.2, -0.15) is 0 Å². The topological polar surface area (TPSA) is 131 Å². The van der Waals surface area contributed by atoms with Gasteiger partial charge in [0.25, 0.3) is 0 Å². The molecule has 0 bridgehead atoms. The molecule has 296 valence electrons. The summed E-state index contributed by atoms with van der Waals surface area (Å²) in [7, 11) is -4.35. The van der Waals surface area contributed by atoms with Crippen LogP contribution in [0, 0.1) is 0 Å². The minimum atomic E-state index is -4.35. The van der Waals surface area contributed by atoms with Gasteiger partial charge in [-0.25, -0.2) is 4.57 Å². The normalized spacial score (nSPS) is 14.8. The highest BCUT2D eigenvalue weighted by Gasteiger charge is 2.26. The van der Waals surface area contributed by atoms with Crippen LogP contribution in [0.2, 0.25) is 0 Å². The van der Waals surface area contributed by atoms with Crippen molar-refractivity contribution in [2.24, 2.45) is 5.73 Å². The second kappa shape index (κ2) is 37.9. The maximum absolute atomic E-state index is 12.7. The van der Waals surface area contributed by atoms with Crippen molar-refractivity contribution in [3.8, 4) is 0 Å². The van der Waals surface area contributed by atoms with Gasteiger partial charge in [-0.15, -0.1) is 0 Å². The molecule has 9 heteroatoms. The van der Waals surface area contributed by atoms with E-state index in [1.807, 2.05) is 6.08 Å². The van der Waals surface area contributed by atoms with Gasteiger partial charge in [0.15, 0.2) is 0 Å². The molecule has 0 aliphatic heterocycles. The zero-order valence-corrected chi connectivity index (χ0v) is 33.5.